The maximum absolute atomic E-state index is 14.6. The van der Waals surface area contributed by atoms with Crippen LogP contribution in [0.3, 0.4) is 0 Å². The van der Waals surface area contributed by atoms with Crippen LogP contribution in [0.15, 0.2) is 55.4 Å². The lowest BCUT2D eigenvalue weighted by Crippen LogP contribution is -2.54. The molecule has 2 amide bonds. The number of hydrogen-bond donors (Lipinski definition) is 2. The molecule has 0 saturated carbocycles. The first-order chi connectivity index (χ1) is 20.0. The lowest BCUT2D eigenvalue weighted by atomic mass is 10.0. The third-order valence-corrected chi connectivity index (χ3v) is 7.52. The van der Waals surface area contributed by atoms with Crippen LogP contribution in [0, 0.1) is 26.6 Å². The Morgan fingerprint density at radius 1 is 1.12 bits per heavy atom. The quantitative estimate of drug-likeness (QED) is 0.357. The maximum Gasteiger partial charge on any atom is 0.275 e. The zero-order valence-corrected chi connectivity index (χ0v) is 24.7. The minimum absolute atomic E-state index is 0.0114. The van der Waals surface area contributed by atoms with Gasteiger partial charge in [-0.3, -0.25) is 14.5 Å². The lowest BCUT2D eigenvalue weighted by molar-refractivity contribution is -0.130. The van der Waals surface area contributed by atoms with Crippen molar-refractivity contribution in [3.8, 4) is 5.75 Å². The summed E-state index contributed by atoms with van der Waals surface area (Å²) in [5, 5.41) is 12.6. The average molecular weight is 576 g/mol. The zero-order valence-electron chi connectivity index (χ0n) is 24.7. The molecule has 3 aromatic rings. The van der Waals surface area contributed by atoms with Crippen LogP contribution in [0.5, 0.6) is 5.75 Å². The minimum atomic E-state index is -0.660. The Hall–Kier alpha value is -4.15. The number of anilines is 1. The summed E-state index contributed by atoms with van der Waals surface area (Å²) in [6.45, 7) is 14.8. The van der Waals surface area contributed by atoms with E-state index in [1.54, 1.807) is 50.8 Å². The maximum atomic E-state index is 14.6. The van der Waals surface area contributed by atoms with Gasteiger partial charge < -0.3 is 20.1 Å². The van der Waals surface area contributed by atoms with Crippen molar-refractivity contribution >= 4 is 17.6 Å². The number of halogens is 1. The Labute approximate surface area is 246 Å². The molecule has 0 bridgehead atoms. The molecule has 1 fully saturated rings. The van der Waals surface area contributed by atoms with Gasteiger partial charge in [-0.15, -0.1) is 0 Å². The molecule has 1 aliphatic heterocycles. The van der Waals surface area contributed by atoms with Crippen molar-refractivity contribution in [3.05, 3.63) is 94.7 Å². The van der Waals surface area contributed by atoms with E-state index in [1.165, 1.54) is 24.5 Å². The fourth-order valence-electron chi connectivity index (χ4n) is 5.04. The number of piperazine rings is 1. The summed E-state index contributed by atoms with van der Waals surface area (Å²) in [7, 11) is 0. The summed E-state index contributed by atoms with van der Waals surface area (Å²) in [4.78, 5) is 37.8. The molecule has 222 valence electrons. The van der Waals surface area contributed by atoms with Gasteiger partial charge in [0, 0.05) is 38.4 Å². The van der Waals surface area contributed by atoms with Gasteiger partial charge in [-0.25, -0.2) is 14.4 Å². The van der Waals surface area contributed by atoms with Crippen LogP contribution in [-0.2, 0) is 4.79 Å². The highest BCUT2D eigenvalue weighted by atomic mass is 19.1. The number of pyridine rings is 2. The predicted octanol–water partition coefficient (Wildman–Crippen LogP) is 4.69. The second kappa shape index (κ2) is 13.2. The van der Waals surface area contributed by atoms with Crippen molar-refractivity contribution in [2.24, 2.45) is 0 Å². The first-order valence-electron chi connectivity index (χ1n) is 14.0. The summed E-state index contributed by atoms with van der Waals surface area (Å²) in [6, 6.07) is 8.56. The minimum Gasteiger partial charge on any atom is -0.483 e. The number of benzene rings is 1. The number of nitrogens with zero attached hydrogens (tertiary/aromatic N) is 4. The molecule has 3 atom stereocenters. The lowest BCUT2D eigenvalue weighted by Gasteiger charge is -2.40. The van der Waals surface area contributed by atoms with E-state index in [2.05, 4.69) is 26.8 Å². The molecule has 1 aromatic carbocycles. The van der Waals surface area contributed by atoms with Gasteiger partial charge in [0.05, 0.1) is 12.3 Å². The number of rotatable bonds is 9. The van der Waals surface area contributed by atoms with Gasteiger partial charge in [-0.2, -0.15) is 0 Å². The van der Waals surface area contributed by atoms with Crippen LogP contribution in [0.1, 0.15) is 64.4 Å². The molecule has 0 radical (unpaired) electrons. The second-order valence-electron chi connectivity index (χ2n) is 10.9. The van der Waals surface area contributed by atoms with E-state index in [9.17, 15) is 19.1 Å². The molecular weight excluding hydrogens is 537 g/mol. The Balaban J connectivity index is 1.52. The summed E-state index contributed by atoms with van der Waals surface area (Å²) < 4.78 is 21.0. The molecule has 10 heteroatoms. The number of nitrogens with one attached hydrogen (secondary N) is 1. The number of aliphatic hydroxyl groups excluding tert-OH is 1. The van der Waals surface area contributed by atoms with Crippen LogP contribution >= 0.6 is 0 Å². The summed E-state index contributed by atoms with van der Waals surface area (Å²) in [5.74, 6) is -0.000277. The van der Waals surface area contributed by atoms with Crippen LogP contribution in [0.25, 0.3) is 0 Å². The molecule has 42 heavy (non-hydrogen) atoms. The average Bonchev–Trinajstić information content (AvgIpc) is 2.94. The number of aryl methyl sites for hydroxylation is 3. The molecule has 1 aliphatic rings. The molecular formula is C32H38FN5O4. The van der Waals surface area contributed by atoms with Gasteiger partial charge in [0.2, 0.25) is 5.91 Å². The van der Waals surface area contributed by atoms with Gasteiger partial charge in [-0.05, 0) is 86.7 Å². The molecule has 0 aliphatic carbocycles. The number of carbonyl (C=O) groups is 2. The molecule has 2 aromatic heterocycles. The highest BCUT2D eigenvalue weighted by Gasteiger charge is 2.29. The molecule has 2 N–H and O–H groups in total. The van der Waals surface area contributed by atoms with E-state index in [0.29, 0.717) is 60.0 Å². The molecule has 1 saturated heterocycles. The molecule has 3 heterocycles. The number of ether oxygens (including phenoxy) is 1. The Bertz CT molecular complexity index is 1480. The van der Waals surface area contributed by atoms with Crippen LogP contribution in [0.4, 0.5) is 10.2 Å². The Kier molecular flexibility index (Phi) is 9.70. The molecule has 0 spiro atoms. The zero-order chi connectivity index (χ0) is 30.6. The summed E-state index contributed by atoms with van der Waals surface area (Å²) >= 11 is 0. The van der Waals surface area contributed by atoms with E-state index >= 15 is 0 Å². The fourth-order valence-corrected chi connectivity index (χ4v) is 5.04. The first-order valence-corrected chi connectivity index (χ1v) is 14.0. The molecule has 1 unspecified atom stereocenters. The summed E-state index contributed by atoms with van der Waals surface area (Å²) in [5.41, 5.74) is 3.42. The Morgan fingerprint density at radius 3 is 2.50 bits per heavy atom. The van der Waals surface area contributed by atoms with E-state index < -0.39 is 18.1 Å². The van der Waals surface area contributed by atoms with Gasteiger partial charge in [0.1, 0.15) is 29.2 Å². The standard InChI is InChI=1S/C32H38FN5O4/c1-7-29(40)38-11-10-37(17-22(38)5)18-28(24-9-8-19(2)27(33)14-24)42-26-13-20(3)30(34-16-26)32(41)36-31-21(4)12-25(15-35-31)23(6)39/h7-9,12-16,22-23,28,39H,1,10-11,17-18H2,2-6H3,(H,35,36,41)/t22-,23?,28-/m1/s1. The van der Waals surface area contributed by atoms with E-state index in [1.807, 2.05) is 13.0 Å². The highest BCUT2D eigenvalue weighted by molar-refractivity contribution is 6.03. The predicted molar refractivity (Wildman–Crippen MR) is 159 cm³/mol. The number of aromatic nitrogens is 2. The van der Waals surface area contributed by atoms with Crippen molar-refractivity contribution in [1.29, 1.82) is 0 Å². The molecule has 9 nitrogen and oxygen atoms in total. The Morgan fingerprint density at radius 2 is 1.88 bits per heavy atom. The fraction of sp³-hybridized carbons (Fsp3) is 0.375. The van der Waals surface area contributed by atoms with E-state index in [4.69, 9.17) is 4.74 Å². The van der Waals surface area contributed by atoms with Crippen molar-refractivity contribution < 1.29 is 23.8 Å². The van der Waals surface area contributed by atoms with Crippen molar-refractivity contribution in [2.75, 3.05) is 31.5 Å². The third-order valence-electron chi connectivity index (χ3n) is 7.52. The van der Waals surface area contributed by atoms with Crippen LogP contribution < -0.4 is 10.1 Å². The number of carbonyl (C=O) groups excluding carboxylic acids is 2. The third kappa shape index (κ3) is 7.18. The first kappa shape index (κ1) is 30.8. The van der Waals surface area contributed by atoms with Crippen molar-refractivity contribution in [1.82, 2.24) is 19.8 Å². The monoisotopic (exact) mass is 575 g/mol. The molecule has 4 rings (SSSR count). The largest absolute Gasteiger partial charge is 0.483 e. The SMILES string of the molecule is C=CC(=O)N1CCN(C[C@@H](Oc2cnc(C(=O)Nc3ncc(C(C)O)cc3C)c(C)c2)c2ccc(C)c(F)c2)C[C@H]1C. The normalized spacial score (nSPS) is 16.9. The van der Waals surface area contributed by atoms with Crippen molar-refractivity contribution in [3.63, 3.8) is 0 Å². The van der Waals surface area contributed by atoms with E-state index in [-0.39, 0.29) is 23.5 Å². The smallest absolute Gasteiger partial charge is 0.275 e. The van der Waals surface area contributed by atoms with Gasteiger partial charge in [0.15, 0.2) is 0 Å². The topological polar surface area (TPSA) is 108 Å². The number of hydrogen-bond acceptors (Lipinski definition) is 7. The van der Waals surface area contributed by atoms with E-state index in [0.717, 1.165) is 5.56 Å². The van der Waals surface area contributed by atoms with Crippen LogP contribution in [0.2, 0.25) is 0 Å². The van der Waals surface area contributed by atoms with Crippen molar-refractivity contribution in [2.45, 2.75) is 52.9 Å². The highest BCUT2D eigenvalue weighted by Crippen LogP contribution is 2.27. The van der Waals surface area contributed by atoms with Gasteiger partial charge in [0.25, 0.3) is 5.91 Å². The van der Waals surface area contributed by atoms with Gasteiger partial charge in [-0.1, -0.05) is 18.7 Å². The number of aliphatic hydroxyl groups is 1. The number of amides is 2. The van der Waals surface area contributed by atoms with Gasteiger partial charge >= 0.3 is 0 Å². The van der Waals surface area contributed by atoms with Crippen LogP contribution in [-0.4, -0.2) is 68.9 Å². The summed E-state index contributed by atoms with van der Waals surface area (Å²) in [6.07, 6.45) is 3.16. The second-order valence-corrected chi connectivity index (χ2v) is 10.9.